The Kier molecular flexibility index (Phi) is 5.29. The maximum atomic E-state index is 13.7. The molecule has 2 aliphatic heterocycles. The Hall–Kier alpha value is -2.00. The summed E-state index contributed by atoms with van der Waals surface area (Å²) in [5.74, 6) is 2.48. The van der Waals surface area contributed by atoms with Crippen LogP contribution in [0, 0.1) is 26.7 Å². The molecule has 2 fully saturated rings. The second kappa shape index (κ2) is 7.85. The predicted molar refractivity (Wildman–Crippen MR) is 119 cm³/mol. The van der Waals surface area contributed by atoms with Crippen LogP contribution in [-0.2, 0) is 16.4 Å². The molecule has 1 N–H and O–H groups in total. The number of fused-ring (bicyclic) bond motifs is 1. The number of aromatic nitrogens is 4. The Morgan fingerprint density at radius 3 is 2.52 bits per heavy atom. The molecule has 2 aromatic rings. The summed E-state index contributed by atoms with van der Waals surface area (Å²) in [7, 11) is -3.69. The average molecular weight is 445 g/mol. The molecule has 1 atom stereocenters. The van der Waals surface area contributed by atoms with Gasteiger partial charge in [-0.3, -0.25) is 5.10 Å². The Bertz CT molecular complexity index is 1070. The van der Waals surface area contributed by atoms with Gasteiger partial charge in [-0.1, -0.05) is 6.42 Å². The fraction of sp³-hybridized carbons (Fsp3) is 0.682. The molecule has 9 heteroatoms. The number of hydrogen-bond acceptors (Lipinski definition) is 6. The quantitative estimate of drug-likeness (QED) is 0.761. The molecule has 1 aliphatic carbocycles. The summed E-state index contributed by atoms with van der Waals surface area (Å²) in [6, 6.07) is -0.332. The van der Waals surface area contributed by atoms with E-state index in [9.17, 15) is 8.42 Å². The fourth-order valence-electron chi connectivity index (χ4n) is 5.14. The van der Waals surface area contributed by atoms with Crippen molar-refractivity contribution >= 4 is 15.8 Å². The molecule has 8 nitrogen and oxygen atoms in total. The van der Waals surface area contributed by atoms with Crippen molar-refractivity contribution in [2.45, 2.75) is 76.7 Å². The molecule has 2 aromatic heterocycles. The Morgan fingerprint density at radius 2 is 1.81 bits per heavy atom. The van der Waals surface area contributed by atoms with Gasteiger partial charge in [0, 0.05) is 30.9 Å². The van der Waals surface area contributed by atoms with Crippen LogP contribution in [-0.4, -0.2) is 52.5 Å². The van der Waals surface area contributed by atoms with E-state index in [1.807, 2.05) is 0 Å². The van der Waals surface area contributed by atoms with Crippen molar-refractivity contribution in [3.05, 3.63) is 28.5 Å². The third kappa shape index (κ3) is 3.75. The van der Waals surface area contributed by atoms with Crippen molar-refractivity contribution in [3.8, 4) is 0 Å². The van der Waals surface area contributed by atoms with E-state index in [1.54, 1.807) is 18.2 Å². The number of anilines is 1. The maximum absolute atomic E-state index is 13.7. The Morgan fingerprint density at radius 1 is 1.00 bits per heavy atom. The summed E-state index contributed by atoms with van der Waals surface area (Å²) < 4.78 is 29.0. The lowest BCUT2D eigenvalue weighted by molar-refractivity contribution is 0.246. The van der Waals surface area contributed by atoms with E-state index in [0.717, 1.165) is 62.6 Å². The SMILES string of the molecule is Cc1nc(C2CCCCN2S(=O)(=O)c2c(C)n[nH]c2C)nc2c1CCCN2CC1CC1. The number of nitrogens with one attached hydrogen (secondary N) is 1. The highest BCUT2D eigenvalue weighted by Gasteiger charge is 2.39. The molecular weight excluding hydrogens is 412 g/mol. The van der Waals surface area contributed by atoms with Gasteiger partial charge in [-0.15, -0.1) is 0 Å². The molecule has 3 aliphatic rings. The highest BCUT2D eigenvalue weighted by molar-refractivity contribution is 7.89. The predicted octanol–water partition coefficient (Wildman–Crippen LogP) is 3.20. The van der Waals surface area contributed by atoms with Gasteiger partial charge in [-0.05, 0) is 65.2 Å². The van der Waals surface area contributed by atoms with Crippen LogP contribution in [0.4, 0.5) is 5.82 Å². The van der Waals surface area contributed by atoms with E-state index in [-0.39, 0.29) is 6.04 Å². The van der Waals surface area contributed by atoms with Gasteiger partial charge >= 0.3 is 0 Å². The monoisotopic (exact) mass is 444 g/mol. The molecule has 0 aromatic carbocycles. The molecule has 5 rings (SSSR count). The molecule has 1 saturated heterocycles. The Labute approximate surface area is 184 Å². The van der Waals surface area contributed by atoms with E-state index in [0.29, 0.717) is 28.7 Å². The lowest BCUT2D eigenvalue weighted by Crippen LogP contribution is -2.40. The highest BCUT2D eigenvalue weighted by Crippen LogP contribution is 2.39. The summed E-state index contributed by atoms with van der Waals surface area (Å²) >= 11 is 0. The molecule has 0 radical (unpaired) electrons. The van der Waals surface area contributed by atoms with Gasteiger partial charge in [0.05, 0.1) is 17.4 Å². The maximum Gasteiger partial charge on any atom is 0.247 e. The molecule has 1 saturated carbocycles. The number of hydrogen-bond donors (Lipinski definition) is 1. The van der Waals surface area contributed by atoms with Gasteiger partial charge in [0.2, 0.25) is 10.0 Å². The largest absolute Gasteiger partial charge is 0.356 e. The second-order valence-corrected chi connectivity index (χ2v) is 11.2. The van der Waals surface area contributed by atoms with Gasteiger partial charge < -0.3 is 4.90 Å². The number of aryl methyl sites for hydroxylation is 3. The first-order chi connectivity index (χ1) is 14.9. The highest BCUT2D eigenvalue weighted by atomic mass is 32.2. The van der Waals surface area contributed by atoms with Crippen LogP contribution >= 0.6 is 0 Å². The summed E-state index contributed by atoms with van der Waals surface area (Å²) in [6.45, 7) is 8.13. The first-order valence-electron chi connectivity index (χ1n) is 11.5. The van der Waals surface area contributed by atoms with E-state index >= 15 is 0 Å². The van der Waals surface area contributed by atoms with Crippen LogP contribution in [0.15, 0.2) is 4.90 Å². The molecule has 0 bridgehead atoms. The number of sulfonamides is 1. The van der Waals surface area contributed by atoms with Crippen molar-refractivity contribution in [3.63, 3.8) is 0 Å². The van der Waals surface area contributed by atoms with Crippen molar-refractivity contribution in [2.75, 3.05) is 24.5 Å². The first kappa shape index (κ1) is 20.9. The van der Waals surface area contributed by atoms with E-state index in [2.05, 4.69) is 22.0 Å². The smallest absolute Gasteiger partial charge is 0.247 e. The first-order valence-corrected chi connectivity index (χ1v) is 13.0. The number of H-pyrrole nitrogens is 1. The third-order valence-corrected chi connectivity index (χ3v) is 9.09. The zero-order valence-corrected chi connectivity index (χ0v) is 19.5. The van der Waals surface area contributed by atoms with Crippen LogP contribution in [0.2, 0.25) is 0 Å². The van der Waals surface area contributed by atoms with Gasteiger partial charge in [0.25, 0.3) is 0 Å². The molecule has 0 spiro atoms. The van der Waals surface area contributed by atoms with Gasteiger partial charge in [0.15, 0.2) is 0 Å². The summed E-state index contributed by atoms with van der Waals surface area (Å²) in [6.07, 6.45) is 7.32. The van der Waals surface area contributed by atoms with Crippen molar-refractivity contribution in [1.29, 1.82) is 0 Å². The molecule has 1 unspecified atom stereocenters. The number of nitrogens with zero attached hydrogens (tertiary/aromatic N) is 5. The minimum Gasteiger partial charge on any atom is -0.356 e. The molecule has 31 heavy (non-hydrogen) atoms. The Balaban J connectivity index is 1.54. The van der Waals surface area contributed by atoms with Crippen LogP contribution in [0.5, 0.6) is 0 Å². The van der Waals surface area contributed by atoms with Gasteiger partial charge in [-0.25, -0.2) is 18.4 Å². The zero-order chi connectivity index (χ0) is 21.8. The molecular formula is C22H32N6O2S. The van der Waals surface area contributed by atoms with Crippen LogP contribution in [0.25, 0.3) is 0 Å². The number of rotatable bonds is 5. The van der Waals surface area contributed by atoms with E-state index < -0.39 is 10.0 Å². The summed E-state index contributed by atoms with van der Waals surface area (Å²) in [4.78, 5) is 12.6. The topological polar surface area (TPSA) is 95.1 Å². The van der Waals surface area contributed by atoms with Gasteiger partial charge in [0.1, 0.15) is 16.5 Å². The molecule has 4 heterocycles. The van der Waals surface area contributed by atoms with Gasteiger partial charge in [-0.2, -0.15) is 9.40 Å². The van der Waals surface area contributed by atoms with E-state index in [1.165, 1.54) is 18.4 Å². The van der Waals surface area contributed by atoms with Crippen LogP contribution < -0.4 is 4.90 Å². The fourth-order valence-corrected chi connectivity index (χ4v) is 7.13. The average Bonchev–Trinajstić information content (AvgIpc) is 3.50. The molecule has 168 valence electrons. The normalized spacial score (nSPS) is 22.5. The molecule has 0 amide bonds. The minimum absolute atomic E-state index is 0.296. The standard InChI is InChI=1S/C22H32N6O2S/c1-14-18-7-6-11-27(13-17-9-10-17)22(18)24-21(23-14)19-8-4-5-12-28(19)31(29,30)20-15(2)25-26-16(20)3/h17,19H,4-13H2,1-3H3,(H,25,26). The second-order valence-electron chi connectivity index (χ2n) is 9.35. The minimum atomic E-state index is -3.69. The van der Waals surface area contributed by atoms with Crippen molar-refractivity contribution in [1.82, 2.24) is 24.5 Å². The summed E-state index contributed by atoms with van der Waals surface area (Å²) in [5, 5.41) is 6.94. The lowest BCUT2D eigenvalue weighted by Gasteiger charge is -2.36. The van der Waals surface area contributed by atoms with Crippen molar-refractivity contribution < 1.29 is 8.42 Å². The van der Waals surface area contributed by atoms with Crippen LogP contribution in [0.1, 0.15) is 73.0 Å². The third-order valence-electron chi connectivity index (χ3n) is 6.92. The number of aromatic amines is 1. The zero-order valence-electron chi connectivity index (χ0n) is 18.7. The number of piperidine rings is 1. The van der Waals surface area contributed by atoms with Crippen LogP contribution in [0.3, 0.4) is 0 Å². The summed E-state index contributed by atoms with van der Waals surface area (Å²) in [5.41, 5.74) is 3.33. The van der Waals surface area contributed by atoms with Crippen molar-refractivity contribution in [2.24, 2.45) is 5.92 Å². The van der Waals surface area contributed by atoms with E-state index in [4.69, 9.17) is 9.97 Å². The lowest BCUT2D eigenvalue weighted by atomic mass is 10.0.